The zero-order valence-electron chi connectivity index (χ0n) is 17.0. The number of anilines is 1. The minimum Gasteiger partial charge on any atom is -0.362 e. The number of carbonyl (C=O) groups excluding carboxylic acids is 2. The van der Waals surface area contributed by atoms with E-state index in [-0.39, 0.29) is 17.0 Å². The van der Waals surface area contributed by atoms with Crippen LogP contribution in [0.25, 0.3) is 0 Å². The Balaban J connectivity index is 1.46. The van der Waals surface area contributed by atoms with Crippen LogP contribution in [0.15, 0.2) is 24.3 Å². The van der Waals surface area contributed by atoms with E-state index in [0.717, 1.165) is 19.4 Å². The largest absolute Gasteiger partial charge is 0.362 e. The number of nitrogens with one attached hydrogen (secondary N) is 1. The minimum absolute atomic E-state index is 0.0544. The van der Waals surface area contributed by atoms with Crippen LogP contribution in [-0.2, 0) is 9.59 Å². The molecule has 10 nitrogen and oxygen atoms in total. The molecule has 0 aromatic heterocycles. The number of likely N-dealkylation sites (tertiary alicyclic amines) is 1. The van der Waals surface area contributed by atoms with Crippen LogP contribution in [0.5, 0.6) is 0 Å². The number of hydroxylamine groups is 1. The maximum absolute atomic E-state index is 13.3. The van der Waals surface area contributed by atoms with Crippen molar-refractivity contribution in [1.29, 1.82) is 0 Å². The summed E-state index contributed by atoms with van der Waals surface area (Å²) in [4.78, 5) is 42.2. The molecule has 2 saturated heterocycles. The summed E-state index contributed by atoms with van der Waals surface area (Å²) in [5, 5.41) is 20.5. The molecule has 2 aliphatic heterocycles. The highest BCUT2D eigenvalue weighted by Gasteiger charge is 2.55. The van der Waals surface area contributed by atoms with Gasteiger partial charge in [-0.2, -0.15) is 0 Å². The Labute approximate surface area is 174 Å². The van der Waals surface area contributed by atoms with Gasteiger partial charge in [-0.15, -0.1) is 0 Å². The molecule has 1 aromatic rings. The molecule has 3 aliphatic rings. The quantitative estimate of drug-likeness (QED) is 0.423. The van der Waals surface area contributed by atoms with Crippen molar-refractivity contribution in [3.8, 4) is 0 Å². The Bertz CT molecular complexity index is 850. The van der Waals surface area contributed by atoms with E-state index in [0.29, 0.717) is 38.3 Å². The highest BCUT2D eigenvalue weighted by molar-refractivity contribution is 5.90. The lowest BCUT2D eigenvalue weighted by Gasteiger charge is -2.45. The van der Waals surface area contributed by atoms with Gasteiger partial charge in [0.15, 0.2) is 0 Å². The van der Waals surface area contributed by atoms with E-state index in [1.54, 1.807) is 28.6 Å². The second kappa shape index (κ2) is 7.84. The topological polar surface area (TPSA) is 119 Å². The maximum Gasteiger partial charge on any atom is 0.292 e. The molecule has 2 unspecified atom stereocenters. The summed E-state index contributed by atoms with van der Waals surface area (Å²) in [5.74, 6) is -1.22. The lowest BCUT2D eigenvalue weighted by Crippen LogP contribution is -2.61. The number of carbonyl (C=O) groups is 2. The third kappa shape index (κ3) is 3.72. The van der Waals surface area contributed by atoms with Crippen molar-refractivity contribution in [2.24, 2.45) is 11.3 Å². The van der Waals surface area contributed by atoms with E-state index in [4.69, 9.17) is 0 Å². The van der Waals surface area contributed by atoms with Crippen molar-refractivity contribution in [3.63, 3.8) is 0 Å². The van der Waals surface area contributed by atoms with Gasteiger partial charge in [-0.3, -0.25) is 29.8 Å². The van der Waals surface area contributed by atoms with Gasteiger partial charge in [0.1, 0.15) is 11.7 Å². The molecule has 0 bridgehead atoms. The second-order valence-electron chi connectivity index (χ2n) is 8.70. The highest BCUT2D eigenvalue weighted by atomic mass is 16.6. The van der Waals surface area contributed by atoms with E-state index in [2.05, 4.69) is 0 Å². The number of piperazine rings is 1. The van der Waals surface area contributed by atoms with Gasteiger partial charge < -0.3 is 9.80 Å². The summed E-state index contributed by atoms with van der Waals surface area (Å²) in [7, 11) is 1.86. The Morgan fingerprint density at radius 3 is 2.47 bits per heavy atom. The van der Waals surface area contributed by atoms with Crippen molar-refractivity contribution < 1.29 is 19.7 Å². The summed E-state index contributed by atoms with van der Waals surface area (Å²) >= 11 is 0. The fourth-order valence-corrected chi connectivity index (χ4v) is 5.04. The van der Waals surface area contributed by atoms with E-state index < -0.39 is 22.8 Å². The van der Waals surface area contributed by atoms with Gasteiger partial charge >= 0.3 is 0 Å². The molecular weight excluding hydrogens is 390 g/mol. The average molecular weight is 417 g/mol. The Morgan fingerprint density at radius 2 is 1.87 bits per heavy atom. The van der Waals surface area contributed by atoms with Crippen molar-refractivity contribution in [3.05, 3.63) is 34.4 Å². The number of para-hydroxylation sites is 2. The van der Waals surface area contributed by atoms with Crippen molar-refractivity contribution in [2.45, 2.75) is 25.3 Å². The van der Waals surface area contributed by atoms with Crippen LogP contribution in [0.4, 0.5) is 11.4 Å². The normalized spacial score (nSPS) is 25.8. The van der Waals surface area contributed by atoms with Gasteiger partial charge in [0.2, 0.25) is 11.8 Å². The lowest BCUT2D eigenvalue weighted by atomic mass is 9.80. The van der Waals surface area contributed by atoms with Crippen LogP contribution in [0, 0.1) is 21.4 Å². The first kappa shape index (κ1) is 20.5. The van der Waals surface area contributed by atoms with Gasteiger partial charge in [-0.1, -0.05) is 12.1 Å². The number of piperidine rings is 1. The smallest absolute Gasteiger partial charge is 0.292 e. The number of amides is 2. The minimum atomic E-state index is -0.610. The highest BCUT2D eigenvalue weighted by Crippen LogP contribution is 2.54. The summed E-state index contributed by atoms with van der Waals surface area (Å²) in [6.07, 6.45) is 2.69. The van der Waals surface area contributed by atoms with Crippen LogP contribution in [0.1, 0.15) is 19.3 Å². The molecule has 1 spiro atoms. The number of nitro groups is 1. The van der Waals surface area contributed by atoms with Crippen molar-refractivity contribution >= 4 is 23.2 Å². The molecule has 3 fully saturated rings. The second-order valence-corrected chi connectivity index (χ2v) is 8.70. The Morgan fingerprint density at radius 1 is 1.20 bits per heavy atom. The average Bonchev–Trinajstić information content (AvgIpc) is 3.50. The van der Waals surface area contributed by atoms with Crippen LogP contribution < -0.4 is 10.4 Å². The van der Waals surface area contributed by atoms with Crippen molar-refractivity contribution in [1.82, 2.24) is 15.3 Å². The summed E-state index contributed by atoms with van der Waals surface area (Å²) < 4.78 is 0. The zero-order valence-corrected chi connectivity index (χ0v) is 17.0. The molecule has 1 aromatic carbocycles. The maximum atomic E-state index is 13.3. The SMILES string of the molecule is CN1CC2(CC2)CC(C(=O)NO)C1C(=O)N1CCN(c2ccccc2[N+](=O)[O-])CC1. The van der Waals surface area contributed by atoms with Gasteiger partial charge in [-0.25, -0.2) is 5.48 Å². The molecule has 2 atom stereocenters. The molecule has 1 aliphatic carbocycles. The molecule has 0 radical (unpaired) electrons. The van der Waals surface area contributed by atoms with Crippen LogP contribution in [0.3, 0.4) is 0 Å². The Hall–Kier alpha value is -2.72. The first-order chi connectivity index (χ1) is 14.3. The van der Waals surface area contributed by atoms with Gasteiger partial charge in [0.25, 0.3) is 5.69 Å². The lowest BCUT2D eigenvalue weighted by molar-refractivity contribution is -0.384. The number of nitrogens with zero attached hydrogens (tertiary/aromatic N) is 4. The van der Waals surface area contributed by atoms with Gasteiger partial charge in [0.05, 0.1) is 10.8 Å². The van der Waals surface area contributed by atoms with E-state index in [1.807, 2.05) is 16.8 Å². The standard InChI is InChI=1S/C20H27N5O5/c1-22-13-20(6-7-20)12-14(18(26)21-28)17(22)19(27)24-10-8-23(9-11-24)15-4-2-3-5-16(15)25(29)30/h2-5,14,17,28H,6-13H2,1H3,(H,21,26). The third-order valence-corrected chi connectivity index (χ3v) is 6.76. The number of likely N-dealkylation sites (N-methyl/N-ethyl adjacent to an activating group) is 1. The van der Waals surface area contributed by atoms with Crippen LogP contribution in [-0.4, -0.2) is 77.6 Å². The fraction of sp³-hybridized carbons (Fsp3) is 0.600. The molecule has 162 valence electrons. The molecule has 10 heteroatoms. The molecule has 2 N–H and O–H groups in total. The zero-order chi connectivity index (χ0) is 21.5. The van der Waals surface area contributed by atoms with Crippen LogP contribution in [0.2, 0.25) is 0 Å². The predicted molar refractivity (Wildman–Crippen MR) is 108 cm³/mol. The van der Waals surface area contributed by atoms with Gasteiger partial charge in [-0.05, 0) is 37.8 Å². The van der Waals surface area contributed by atoms with Gasteiger partial charge in [0, 0.05) is 38.8 Å². The monoisotopic (exact) mass is 417 g/mol. The fourth-order valence-electron chi connectivity index (χ4n) is 5.04. The molecule has 2 heterocycles. The first-order valence-corrected chi connectivity index (χ1v) is 10.3. The molecule has 1 saturated carbocycles. The number of hydrogen-bond acceptors (Lipinski definition) is 7. The predicted octanol–water partition coefficient (Wildman–Crippen LogP) is 0.849. The summed E-state index contributed by atoms with van der Waals surface area (Å²) in [5.41, 5.74) is 2.44. The summed E-state index contributed by atoms with van der Waals surface area (Å²) in [6, 6.07) is 6.00. The van der Waals surface area contributed by atoms with Crippen LogP contribution >= 0.6 is 0 Å². The van der Waals surface area contributed by atoms with E-state index in [9.17, 15) is 24.9 Å². The molecule has 30 heavy (non-hydrogen) atoms. The van der Waals surface area contributed by atoms with E-state index in [1.165, 1.54) is 6.07 Å². The third-order valence-electron chi connectivity index (χ3n) is 6.76. The van der Waals surface area contributed by atoms with Crippen molar-refractivity contribution in [2.75, 3.05) is 44.7 Å². The molecule has 4 rings (SSSR count). The number of rotatable bonds is 4. The van der Waals surface area contributed by atoms with E-state index >= 15 is 0 Å². The Kier molecular flexibility index (Phi) is 5.37. The summed E-state index contributed by atoms with van der Waals surface area (Å²) in [6.45, 7) is 2.58. The molecule has 2 amide bonds. The number of benzene rings is 1. The number of hydrogen-bond donors (Lipinski definition) is 2. The molecular formula is C20H27N5O5. The number of nitro benzene ring substituents is 1. The first-order valence-electron chi connectivity index (χ1n) is 10.3.